The SMILES string of the molecule is CC1=C[C@@H](O)CC(=O)Cc2nc(co2)C(=O)N[C@H](Cc2c[nH]c3ccccc23)C(=O)OC(C(C)C)[C@H](C)/C=C/C(=O)NCC=C1. The van der Waals surface area contributed by atoms with Gasteiger partial charge in [-0.3, -0.25) is 14.4 Å². The number of hydrogen-bond acceptors (Lipinski definition) is 8. The van der Waals surface area contributed by atoms with E-state index in [0.717, 1.165) is 22.7 Å². The number of esters is 1. The summed E-state index contributed by atoms with van der Waals surface area (Å²) in [6, 6.07) is 6.54. The first kappa shape index (κ1) is 33.1. The molecule has 0 radical (unpaired) electrons. The number of aromatic amines is 1. The third-order valence-corrected chi connectivity index (χ3v) is 7.47. The summed E-state index contributed by atoms with van der Waals surface area (Å²) < 4.78 is 11.4. The number of H-pyrrole nitrogens is 1. The van der Waals surface area contributed by atoms with Crippen LogP contribution < -0.4 is 10.6 Å². The quantitative estimate of drug-likeness (QED) is 0.323. The minimum Gasteiger partial charge on any atom is -0.460 e. The Morgan fingerprint density at radius 2 is 1.89 bits per heavy atom. The van der Waals surface area contributed by atoms with Crippen molar-refractivity contribution in [1.29, 1.82) is 0 Å². The Hall–Kier alpha value is -4.77. The fourth-order valence-electron chi connectivity index (χ4n) is 5.21. The molecular formula is C34H40N4O7. The molecule has 1 aliphatic rings. The molecule has 2 bridgehead atoms. The molecule has 45 heavy (non-hydrogen) atoms. The summed E-state index contributed by atoms with van der Waals surface area (Å²) in [5.41, 5.74) is 2.30. The van der Waals surface area contributed by atoms with E-state index in [1.807, 2.05) is 45.0 Å². The highest BCUT2D eigenvalue weighted by Crippen LogP contribution is 2.22. The highest BCUT2D eigenvalue weighted by molar-refractivity contribution is 5.95. The number of ether oxygens (including phenoxy) is 1. The number of carbonyl (C=O) groups is 4. The molecule has 3 heterocycles. The zero-order valence-corrected chi connectivity index (χ0v) is 25.9. The number of allylic oxidation sites excluding steroid dienone is 2. The maximum absolute atomic E-state index is 13.7. The standard InChI is InChI=1S/C34H40N4O7/c1-20(2)32-22(4)11-12-30(41)35-13-7-8-21(3)14-24(39)16-25(40)17-31-37-29(19-44-31)33(42)38-28(34(43)45-32)15-23-18-36-27-10-6-5-9-26(23)27/h5-12,14,18-20,22,24,28,32,36,39H,13,15-17H2,1-4H3,(H,35,41)(H,38,42)/b8-7?,12-11+,21-14?/t22-,24-,28-,32?/m1/s1. The van der Waals surface area contributed by atoms with Crippen molar-refractivity contribution in [3.8, 4) is 0 Å². The minimum absolute atomic E-state index is 0.0170. The van der Waals surface area contributed by atoms with Crippen molar-refractivity contribution in [2.45, 2.75) is 65.2 Å². The van der Waals surface area contributed by atoms with Gasteiger partial charge in [-0.25, -0.2) is 9.78 Å². The molecule has 4 N–H and O–H groups in total. The third-order valence-electron chi connectivity index (χ3n) is 7.47. The normalized spacial score (nSPS) is 23.7. The number of Topliss-reactive ketones (excluding diaryl/α,β-unsaturated/α-hetero) is 1. The molecule has 2 amide bonds. The topological polar surface area (TPSA) is 164 Å². The van der Waals surface area contributed by atoms with Crippen LogP contribution in [0.2, 0.25) is 0 Å². The van der Waals surface area contributed by atoms with Gasteiger partial charge in [-0.15, -0.1) is 0 Å². The van der Waals surface area contributed by atoms with Gasteiger partial charge < -0.3 is 29.9 Å². The molecule has 0 saturated heterocycles. The van der Waals surface area contributed by atoms with Gasteiger partial charge in [-0.05, 0) is 30.5 Å². The van der Waals surface area contributed by atoms with Crippen molar-refractivity contribution >= 4 is 34.5 Å². The van der Waals surface area contributed by atoms with Crippen molar-refractivity contribution in [2.75, 3.05) is 6.54 Å². The molecule has 4 atom stereocenters. The van der Waals surface area contributed by atoms with E-state index in [2.05, 4.69) is 20.6 Å². The van der Waals surface area contributed by atoms with Gasteiger partial charge in [-0.2, -0.15) is 0 Å². The maximum Gasteiger partial charge on any atom is 0.329 e. The summed E-state index contributed by atoms with van der Waals surface area (Å²) in [6.07, 6.45) is 9.13. The molecule has 3 aromatic rings. The molecule has 0 spiro atoms. The fraction of sp³-hybridized carbons (Fsp3) is 0.382. The predicted molar refractivity (Wildman–Crippen MR) is 168 cm³/mol. The van der Waals surface area contributed by atoms with Gasteiger partial charge in [0, 0.05) is 42.4 Å². The van der Waals surface area contributed by atoms with E-state index >= 15 is 0 Å². The highest BCUT2D eigenvalue weighted by atomic mass is 16.5. The monoisotopic (exact) mass is 616 g/mol. The Balaban J connectivity index is 1.63. The van der Waals surface area contributed by atoms with Gasteiger partial charge in [0.1, 0.15) is 24.2 Å². The molecule has 1 aliphatic heterocycles. The van der Waals surface area contributed by atoms with Crippen LogP contribution in [0.25, 0.3) is 10.9 Å². The van der Waals surface area contributed by atoms with Crippen LogP contribution >= 0.6 is 0 Å². The number of rotatable bonds is 3. The molecule has 11 heteroatoms. The molecule has 238 valence electrons. The number of aliphatic hydroxyl groups excluding tert-OH is 1. The van der Waals surface area contributed by atoms with Crippen LogP contribution in [0.3, 0.4) is 0 Å². The van der Waals surface area contributed by atoms with E-state index in [-0.39, 0.29) is 60.9 Å². The third kappa shape index (κ3) is 9.36. The van der Waals surface area contributed by atoms with E-state index in [0.29, 0.717) is 5.57 Å². The molecule has 0 aliphatic carbocycles. The lowest BCUT2D eigenvalue weighted by atomic mass is 9.94. The summed E-state index contributed by atoms with van der Waals surface area (Å²) in [4.78, 5) is 59.4. The van der Waals surface area contributed by atoms with Crippen LogP contribution in [0.4, 0.5) is 0 Å². The first-order chi connectivity index (χ1) is 21.5. The number of fused-ring (bicyclic) bond motifs is 3. The zero-order chi connectivity index (χ0) is 32.5. The van der Waals surface area contributed by atoms with Crippen LogP contribution in [0.1, 0.15) is 56.1 Å². The van der Waals surface area contributed by atoms with Crippen molar-refractivity contribution in [1.82, 2.24) is 20.6 Å². The average Bonchev–Trinajstić information content (AvgIpc) is 3.62. The lowest BCUT2D eigenvalue weighted by Crippen LogP contribution is -2.46. The number of benzene rings is 1. The van der Waals surface area contributed by atoms with E-state index in [1.165, 1.54) is 6.08 Å². The molecule has 1 unspecified atom stereocenters. The number of aromatic nitrogens is 2. The minimum atomic E-state index is -1.09. The molecule has 2 aromatic heterocycles. The second kappa shape index (κ2) is 15.3. The first-order valence-electron chi connectivity index (χ1n) is 15.0. The number of carbonyl (C=O) groups excluding carboxylic acids is 4. The number of ketones is 1. The van der Waals surface area contributed by atoms with Gasteiger partial charge in [0.2, 0.25) is 11.8 Å². The highest BCUT2D eigenvalue weighted by Gasteiger charge is 2.31. The van der Waals surface area contributed by atoms with Crippen molar-refractivity contribution in [3.05, 3.63) is 89.8 Å². The van der Waals surface area contributed by atoms with Crippen LogP contribution in [-0.2, 0) is 32.0 Å². The van der Waals surface area contributed by atoms with Crippen LogP contribution in [0, 0.1) is 11.8 Å². The molecule has 1 aromatic carbocycles. The van der Waals surface area contributed by atoms with E-state index in [4.69, 9.17) is 9.15 Å². The second-order valence-electron chi connectivity index (χ2n) is 11.6. The van der Waals surface area contributed by atoms with Gasteiger partial charge >= 0.3 is 5.97 Å². The number of cyclic esters (lactones) is 1. The van der Waals surface area contributed by atoms with Crippen LogP contribution in [-0.4, -0.2) is 63.4 Å². The summed E-state index contributed by atoms with van der Waals surface area (Å²) in [7, 11) is 0. The largest absolute Gasteiger partial charge is 0.460 e. The average molecular weight is 617 g/mol. The van der Waals surface area contributed by atoms with Gasteiger partial charge in [-0.1, -0.05) is 68.8 Å². The maximum atomic E-state index is 13.7. The number of nitrogens with zero attached hydrogens (tertiary/aromatic N) is 1. The second-order valence-corrected chi connectivity index (χ2v) is 11.6. The number of amides is 2. The Morgan fingerprint density at radius 1 is 1.11 bits per heavy atom. The van der Waals surface area contributed by atoms with Crippen LogP contribution in [0.5, 0.6) is 0 Å². The lowest BCUT2D eigenvalue weighted by Gasteiger charge is -2.28. The van der Waals surface area contributed by atoms with Gasteiger partial charge in [0.05, 0.1) is 12.5 Å². The summed E-state index contributed by atoms with van der Waals surface area (Å²) in [5, 5.41) is 16.8. The number of oxazole rings is 1. The summed E-state index contributed by atoms with van der Waals surface area (Å²) >= 11 is 0. The Labute approximate surface area is 261 Å². The molecule has 11 nitrogen and oxygen atoms in total. The van der Waals surface area contributed by atoms with Crippen LogP contribution in [0.15, 0.2) is 77.1 Å². The van der Waals surface area contributed by atoms with Gasteiger partial charge in [0.25, 0.3) is 5.91 Å². The number of aliphatic hydroxyl groups is 1. The number of nitrogens with one attached hydrogen (secondary N) is 3. The molecule has 0 fully saturated rings. The van der Waals surface area contributed by atoms with E-state index in [1.54, 1.807) is 37.4 Å². The Morgan fingerprint density at radius 3 is 2.67 bits per heavy atom. The Kier molecular flexibility index (Phi) is 11.3. The molecule has 4 rings (SSSR count). The van der Waals surface area contributed by atoms with Crippen molar-refractivity contribution in [3.63, 3.8) is 0 Å². The Bertz CT molecular complexity index is 1610. The summed E-state index contributed by atoms with van der Waals surface area (Å²) in [6.45, 7) is 7.71. The first-order valence-corrected chi connectivity index (χ1v) is 15.0. The predicted octanol–water partition coefficient (Wildman–Crippen LogP) is 3.75. The van der Waals surface area contributed by atoms with Crippen molar-refractivity contribution < 1.29 is 33.4 Å². The van der Waals surface area contributed by atoms with E-state index < -0.39 is 30.1 Å². The van der Waals surface area contributed by atoms with E-state index in [9.17, 15) is 24.3 Å². The number of para-hydroxylation sites is 1. The smallest absolute Gasteiger partial charge is 0.329 e. The molecular weight excluding hydrogens is 576 g/mol. The van der Waals surface area contributed by atoms with Gasteiger partial charge in [0.15, 0.2) is 5.69 Å². The zero-order valence-electron chi connectivity index (χ0n) is 25.9. The molecule has 0 saturated carbocycles. The number of hydrogen-bond donors (Lipinski definition) is 4. The fourth-order valence-corrected chi connectivity index (χ4v) is 5.21. The van der Waals surface area contributed by atoms with Crippen molar-refractivity contribution in [2.24, 2.45) is 11.8 Å². The lowest BCUT2D eigenvalue weighted by molar-refractivity contribution is -0.155. The summed E-state index contributed by atoms with van der Waals surface area (Å²) in [5.74, 6) is -2.37.